The van der Waals surface area contributed by atoms with Crippen LogP contribution in [-0.4, -0.2) is 10.6 Å². The first-order valence-electron chi connectivity index (χ1n) is 2.68. The Balaban J connectivity index is 3.12. The minimum Gasteiger partial charge on any atom is -0.351 e. The van der Waals surface area contributed by atoms with Crippen LogP contribution in [0.15, 0.2) is 29.3 Å². The highest BCUT2D eigenvalue weighted by atomic mass is 16.2. The van der Waals surface area contributed by atoms with Crippen LogP contribution in [0.25, 0.3) is 0 Å². The molecule has 10 heavy (non-hydrogen) atoms. The second-order valence-corrected chi connectivity index (χ2v) is 1.78. The highest BCUT2D eigenvalue weighted by molar-refractivity contribution is 5.74. The molecule has 1 aromatic rings. The van der Waals surface area contributed by atoms with Crippen molar-refractivity contribution in [3.63, 3.8) is 0 Å². The smallest absolute Gasteiger partial charge is 0.322 e. The third kappa shape index (κ3) is 1.22. The number of carbonyl (C=O) groups is 1. The zero-order chi connectivity index (χ0) is 7.56. The van der Waals surface area contributed by atoms with Crippen molar-refractivity contribution in [1.29, 1.82) is 0 Å². The molecule has 0 saturated carbocycles. The quantitative estimate of drug-likeness (QED) is 0.538. The summed E-state index contributed by atoms with van der Waals surface area (Å²) in [6.07, 6.45) is 2.65. The van der Waals surface area contributed by atoms with E-state index in [0.717, 1.165) is 4.57 Å². The molecule has 1 aromatic heterocycles. The molecule has 0 aliphatic rings. The van der Waals surface area contributed by atoms with Gasteiger partial charge in [0.15, 0.2) is 5.43 Å². The lowest BCUT2D eigenvalue weighted by atomic mass is 10.5. The second-order valence-electron chi connectivity index (χ2n) is 1.78. The molecule has 4 nitrogen and oxygen atoms in total. The molecule has 0 spiro atoms. The molecular formula is C6H6N2O2. The minimum absolute atomic E-state index is 0.141. The molecule has 0 aliphatic carbocycles. The molecule has 4 heteroatoms. The van der Waals surface area contributed by atoms with Gasteiger partial charge in [0.05, 0.1) is 0 Å². The van der Waals surface area contributed by atoms with Gasteiger partial charge >= 0.3 is 6.03 Å². The first-order valence-corrected chi connectivity index (χ1v) is 2.68. The lowest BCUT2D eigenvalue weighted by Crippen LogP contribution is -2.20. The van der Waals surface area contributed by atoms with Crippen LogP contribution in [0.4, 0.5) is 4.79 Å². The lowest BCUT2D eigenvalue weighted by Gasteiger charge is -1.95. The summed E-state index contributed by atoms with van der Waals surface area (Å²) in [7, 11) is 0. The number of rotatable bonds is 0. The fraction of sp³-hybridized carbons (Fsp3) is 0. The Morgan fingerprint density at radius 3 is 2.30 bits per heavy atom. The van der Waals surface area contributed by atoms with Gasteiger partial charge in [-0.3, -0.25) is 9.36 Å². The fourth-order valence-electron chi connectivity index (χ4n) is 0.560. The summed E-state index contributed by atoms with van der Waals surface area (Å²) in [4.78, 5) is 20.9. The van der Waals surface area contributed by atoms with Crippen LogP contribution in [-0.2, 0) is 0 Å². The average Bonchev–Trinajstić information content (AvgIpc) is 1.88. The van der Waals surface area contributed by atoms with Crippen molar-refractivity contribution >= 4 is 6.03 Å². The Morgan fingerprint density at radius 2 is 1.90 bits per heavy atom. The number of aromatic nitrogens is 1. The number of hydrogen-bond acceptors (Lipinski definition) is 2. The van der Waals surface area contributed by atoms with E-state index >= 15 is 0 Å². The molecule has 2 N–H and O–H groups in total. The van der Waals surface area contributed by atoms with Crippen molar-refractivity contribution in [2.24, 2.45) is 5.73 Å². The van der Waals surface area contributed by atoms with E-state index in [1.165, 1.54) is 24.5 Å². The van der Waals surface area contributed by atoms with Gasteiger partial charge in [-0.15, -0.1) is 0 Å². The molecule has 0 bridgehead atoms. The van der Waals surface area contributed by atoms with Gasteiger partial charge in [0.2, 0.25) is 0 Å². The monoisotopic (exact) mass is 138 g/mol. The highest BCUT2D eigenvalue weighted by Crippen LogP contribution is 1.79. The molecule has 52 valence electrons. The lowest BCUT2D eigenvalue weighted by molar-refractivity contribution is 0.250. The van der Waals surface area contributed by atoms with E-state index in [0.29, 0.717) is 0 Å². The van der Waals surface area contributed by atoms with Crippen LogP contribution in [0.2, 0.25) is 0 Å². The largest absolute Gasteiger partial charge is 0.351 e. The Hall–Kier alpha value is -1.58. The van der Waals surface area contributed by atoms with Crippen molar-refractivity contribution in [3.05, 3.63) is 34.7 Å². The van der Waals surface area contributed by atoms with Gasteiger partial charge in [0.25, 0.3) is 0 Å². The van der Waals surface area contributed by atoms with E-state index in [-0.39, 0.29) is 5.43 Å². The van der Waals surface area contributed by atoms with Crippen molar-refractivity contribution in [2.45, 2.75) is 0 Å². The third-order valence-electron chi connectivity index (χ3n) is 1.05. The number of carbonyl (C=O) groups excluding carboxylic acids is 1. The number of primary amides is 1. The molecule has 1 rings (SSSR count). The van der Waals surface area contributed by atoms with Crippen molar-refractivity contribution in [1.82, 2.24) is 4.57 Å². The molecule has 1 heterocycles. The van der Waals surface area contributed by atoms with Crippen molar-refractivity contribution < 1.29 is 4.79 Å². The number of pyridine rings is 1. The molecular weight excluding hydrogens is 132 g/mol. The predicted molar refractivity (Wildman–Crippen MR) is 35.7 cm³/mol. The summed E-state index contributed by atoms with van der Waals surface area (Å²) < 4.78 is 1.13. The standard InChI is InChI=1S/C6H6N2O2/c7-6(10)8-3-1-5(9)2-4-8/h1-4H,(H2,7,10). The van der Waals surface area contributed by atoms with Gasteiger partial charge < -0.3 is 5.73 Å². The van der Waals surface area contributed by atoms with Gasteiger partial charge in [-0.25, -0.2) is 4.79 Å². The molecule has 0 aliphatic heterocycles. The van der Waals surface area contributed by atoms with Crippen LogP contribution in [0.5, 0.6) is 0 Å². The number of nitrogens with two attached hydrogens (primary N) is 1. The molecule has 1 amide bonds. The Morgan fingerprint density at radius 1 is 1.40 bits per heavy atom. The van der Waals surface area contributed by atoms with E-state index in [1.807, 2.05) is 0 Å². The van der Waals surface area contributed by atoms with Crippen LogP contribution in [0.3, 0.4) is 0 Å². The molecule has 0 unspecified atom stereocenters. The summed E-state index contributed by atoms with van der Waals surface area (Å²) >= 11 is 0. The van der Waals surface area contributed by atoms with E-state index in [2.05, 4.69) is 0 Å². The maximum Gasteiger partial charge on any atom is 0.322 e. The predicted octanol–water partition coefficient (Wildman–Crippen LogP) is -0.225. The second kappa shape index (κ2) is 2.34. The molecule has 0 radical (unpaired) electrons. The number of hydrogen-bond donors (Lipinski definition) is 1. The van der Waals surface area contributed by atoms with E-state index in [9.17, 15) is 9.59 Å². The van der Waals surface area contributed by atoms with E-state index < -0.39 is 6.03 Å². The zero-order valence-corrected chi connectivity index (χ0v) is 5.15. The van der Waals surface area contributed by atoms with Crippen LogP contribution < -0.4 is 11.2 Å². The third-order valence-corrected chi connectivity index (χ3v) is 1.05. The van der Waals surface area contributed by atoms with Gasteiger partial charge in [-0.1, -0.05) is 0 Å². The average molecular weight is 138 g/mol. The summed E-state index contributed by atoms with van der Waals surface area (Å²) in [5.74, 6) is 0. The number of amides is 1. The van der Waals surface area contributed by atoms with Crippen LogP contribution >= 0.6 is 0 Å². The highest BCUT2D eigenvalue weighted by Gasteiger charge is 1.91. The first kappa shape index (κ1) is 6.54. The molecule has 0 saturated heterocycles. The fourth-order valence-corrected chi connectivity index (χ4v) is 0.560. The van der Waals surface area contributed by atoms with Gasteiger partial charge in [0, 0.05) is 24.5 Å². The summed E-state index contributed by atoms with van der Waals surface area (Å²) in [5.41, 5.74) is 4.74. The van der Waals surface area contributed by atoms with Crippen molar-refractivity contribution in [2.75, 3.05) is 0 Å². The SMILES string of the molecule is NC(=O)n1ccc(=O)cc1. The maximum atomic E-state index is 10.5. The van der Waals surface area contributed by atoms with Crippen molar-refractivity contribution in [3.8, 4) is 0 Å². The minimum atomic E-state index is -0.597. The Kier molecular flexibility index (Phi) is 1.53. The normalized spacial score (nSPS) is 9.20. The van der Waals surface area contributed by atoms with E-state index in [4.69, 9.17) is 5.73 Å². The van der Waals surface area contributed by atoms with Crippen LogP contribution in [0.1, 0.15) is 0 Å². The molecule has 0 fully saturated rings. The summed E-state index contributed by atoms with van der Waals surface area (Å²) in [6, 6.07) is 1.94. The molecule has 0 aromatic carbocycles. The Labute approximate surface area is 56.9 Å². The Bertz CT molecular complexity index is 282. The molecule has 0 atom stereocenters. The zero-order valence-electron chi connectivity index (χ0n) is 5.15. The van der Waals surface area contributed by atoms with Gasteiger partial charge in [-0.05, 0) is 0 Å². The van der Waals surface area contributed by atoms with E-state index in [1.54, 1.807) is 0 Å². The van der Waals surface area contributed by atoms with Gasteiger partial charge in [0.1, 0.15) is 0 Å². The summed E-state index contributed by atoms with van der Waals surface area (Å²) in [6.45, 7) is 0. The summed E-state index contributed by atoms with van der Waals surface area (Å²) in [5, 5.41) is 0. The van der Waals surface area contributed by atoms with Crippen LogP contribution in [0, 0.1) is 0 Å². The van der Waals surface area contributed by atoms with Gasteiger partial charge in [-0.2, -0.15) is 0 Å². The first-order chi connectivity index (χ1) is 4.70. The topological polar surface area (TPSA) is 65.1 Å². The number of nitrogens with zero attached hydrogens (tertiary/aromatic N) is 1. The maximum absolute atomic E-state index is 10.5.